The molecule has 0 aliphatic heterocycles. The minimum absolute atomic E-state index is 0. The topological polar surface area (TPSA) is 48.3 Å². The van der Waals surface area contributed by atoms with Gasteiger partial charge in [-0.3, -0.25) is 4.79 Å². The Morgan fingerprint density at radius 2 is 1.86 bits per heavy atom. The van der Waals surface area contributed by atoms with Crippen LogP contribution in [0.3, 0.4) is 0 Å². The van der Waals surface area contributed by atoms with E-state index in [1.54, 1.807) is 13.8 Å². The van der Waals surface area contributed by atoms with Gasteiger partial charge in [0.25, 0.3) is 0 Å². The fourth-order valence-electron chi connectivity index (χ4n) is 2.16. The third kappa shape index (κ3) is 3.34. The van der Waals surface area contributed by atoms with Crippen molar-refractivity contribution in [2.45, 2.75) is 13.8 Å². The zero-order valence-electron chi connectivity index (χ0n) is 12.3. The number of carbonyl (C=O) groups excluding carboxylic acids is 1. The molecule has 1 aromatic carbocycles. The predicted octanol–water partition coefficient (Wildman–Crippen LogP) is 2.96. The normalized spacial score (nSPS) is 9.86. The fraction of sp³-hybridized carbons (Fsp3) is 0.250. The molecular formula is C16H18ClNO3. The van der Waals surface area contributed by atoms with Crippen molar-refractivity contribution >= 4 is 18.4 Å². The average molecular weight is 308 g/mol. The molecule has 0 saturated carbocycles. The zero-order valence-corrected chi connectivity index (χ0v) is 13.1. The van der Waals surface area contributed by atoms with Crippen LogP contribution in [0.4, 0.5) is 0 Å². The molecule has 0 amide bonds. The van der Waals surface area contributed by atoms with Crippen LogP contribution in [0.5, 0.6) is 0 Å². The summed E-state index contributed by atoms with van der Waals surface area (Å²) < 4.78 is 6.77. The largest absolute Gasteiger partial charge is 0.462 e. The van der Waals surface area contributed by atoms with Crippen LogP contribution in [-0.2, 0) is 11.8 Å². The summed E-state index contributed by atoms with van der Waals surface area (Å²) in [4.78, 5) is 24.0. The first-order chi connectivity index (χ1) is 9.56. The van der Waals surface area contributed by atoms with Crippen molar-refractivity contribution in [1.29, 1.82) is 0 Å². The Morgan fingerprint density at radius 3 is 2.43 bits per heavy atom. The predicted molar refractivity (Wildman–Crippen MR) is 85.1 cm³/mol. The van der Waals surface area contributed by atoms with E-state index in [9.17, 15) is 9.59 Å². The van der Waals surface area contributed by atoms with Crippen LogP contribution >= 0.6 is 12.4 Å². The molecule has 2 rings (SSSR count). The second-order valence-corrected chi connectivity index (χ2v) is 4.50. The first-order valence-electron chi connectivity index (χ1n) is 6.49. The summed E-state index contributed by atoms with van der Waals surface area (Å²) in [5, 5.41) is 0. The highest BCUT2D eigenvalue weighted by atomic mass is 35.5. The van der Waals surface area contributed by atoms with Gasteiger partial charge in [0.15, 0.2) is 5.43 Å². The molecule has 5 heteroatoms. The molecule has 0 radical (unpaired) electrons. The van der Waals surface area contributed by atoms with Crippen molar-refractivity contribution in [2.75, 3.05) is 6.61 Å². The van der Waals surface area contributed by atoms with Crippen molar-refractivity contribution in [3.05, 3.63) is 57.9 Å². The lowest BCUT2D eigenvalue weighted by Gasteiger charge is -2.15. The van der Waals surface area contributed by atoms with Gasteiger partial charge in [-0.1, -0.05) is 30.3 Å². The summed E-state index contributed by atoms with van der Waals surface area (Å²) >= 11 is 0. The van der Waals surface area contributed by atoms with Crippen LogP contribution in [0, 0.1) is 6.92 Å². The Morgan fingerprint density at radius 1 is 1.24 bits per heavy atom. The molecule has 112 valence electrons. The highest BCUT2D eigenvalue weighted by Gasteiger charge is 2.18. The van der Waals surface area contributed by atoms with E-state index in [2.05, 4.69) is 0 Å². The second-order valence-electron chi connectivity index (χ2n) is 4.50. The number of pyridine rings is 1. The van der Waals surface area contributed by atoms with Gasteiger partial charge < -0.3 is 9.30 Å². The van der Waals surface area contributed by atoms with Gasteiger partial charge in [0.05, 0.1) is 12.3 Å². The monoisotopic (exact) mass is 307 g/mol. The third-order valence-corrected chi connectivity index (χ3v) is 3.29. The lowest BCUT2D eigenvalue weighted by molar-refractivity contribution is 0.0523. The number of ether oxygens (including phenoxy) is 1. The summed E-state index contributed by atoms with van der Waals surface area (Å²) in [7, 11) is 1.83. The number of hydrogen-bond acceptors (Lipinski definition) is 3. The first kappa shape index (κ1) is 17.0. The van der Waals surface area contributed by atoms with E-state index in [4.69, 9.17) is 4.74 Å². The molecule has 0 unspecified atom stereocenters. The number of halogens is 1. The number of rotatable bonds is 3. The Kier molecular flexibility index (Phi) is 5.73. The Labute approximate surface area is 129 Å². The van der Waals surface area contributed by atoms with Gasteiger partial charge in [0.1, 0.15) is 5.56 Å². The van der Waals surface area contributed by atoms with Crippen LogP contribution in [-0.4, -0.2) is 17.1 Å². The maximum Gasteiger partial charge on any atom is 0.343 e. The quantitative estimate of drug-likeness (QED) is 0.819. The molecule has 21 heavy (non-hydrogen) atoms. The number of aromatic nitrogens is 1. The van der Waals surface area contributed by atoms with E-state index in [-0.39, 0.29) is 30.0 Å². The van der Waals surface area contributed by atoms with Crippen LogP contribution in [0.1, 0.15) is 23.0 Å². The maximum absolute atomic E-state index is 12.2. The molecular weight excluding hydrogens is 290 g/mol. The van der Waals surface area contributed by atoms with Crippen LogP contribution in [0.25, 0.3) is 11.3 Å². The van der Waals surface area contributed by atoms with Gasteiger partial charge >= 0.3 is 5.97 Å². The summed E-state index contributed by atoms with van der Waals surface area (Å²) in [6.45, 7) is 3.72. The minimum atomic E-state index is -0.565. The van der Waals surface area contributed by atoms with E-state index in [1.165, 1.54) is 6.07 Å². The second kappa shape index (κ2) is 7.09. The van der Waals surface area contributed by atoms with Gasteiger partial charge in [0.2, 0.25) is 0 Å². The molecule has 1 aromatic heterocycles. The molecule has 0 aliphatic carbocycles. The lowest BCUT2D eigenvalue weighted by atomic mass is 10.1. The maximum atomic E-state index is 12.2. The number of carbonyl (C=O) groups is 1. The molecule has 0 bridgehead atoms. The van der Waals surface area contributed by atoms with Crippen molar-refractivity contribution in [1.82, 2.24) is 4.57 Å². The average Bonchev–Trinajstić information content (AvgIpc) is 2.44. The highest BCUT2D eigenvalue weighted by molar-refractivity contribution is 5.91. The Hall–Kier alpha value is -2.07. The van der Waals surface area contributed by atoms with Crippen molar-refractivity contribution in [3.63, 3.8) is 0 Å². The third-order valence-electron chi connectivity index (χ3n) is 3.29. The van der Waals surface area contributed by atoms with Crippen molar-refractivity contribution in [3.8, 4) is 11.3 Å². The molecule has 0 aliphatic rings. The van der Waals surface area contributed by atoms with Crippen LogP contribution in [0.2, 0.25) is 0 Å². The summed E-state index contributed by atoms with van der Waals surface area (Å²) in [6.07, 6.45) is 0. The molecule has 0 atom stereocenters. The molecule has 0 spiro atoms. The molecule has 2 aromatic rings. The number of esters is 1. The molecule has 0 saturated heterocycles. The van der Waals surface area contributed by atoms with E-state index >= 15 is 0 Å². The number of hydrogen-bond donors (Lipinski definition) is 0. The molecule has 1 heterocycles. The van der Waals surface area contributed by atoms with Gasteiger partial charge in [-0.15, -0.1) is 12.4 Å². The standard InChI is InChI=1S/C16H17NO3.ClH/c1-4-20-16(19)15-11(2)17(3)13(10-14(15)18)12-8-6-5-7-9-12;/h5-10H,4H2,1-3H3;1H. The SMILES string of the molecule is CCOC(=O)c1c(C)n(C)c(-c2ccccc2)cc1=O.Cl. The fourth-order valence-corrected chi connectivity index (χ4v) is 2.16. The van der Waals surface area contributed by atoms with E-state index in [0.29, 0.717) is 5.69 Å². The lowest BCUT2D eigenvalue weighted by Crippen LogP contribution is -2.23. The number of benzene rings is 1. The Balaban J connectivity index is 0.00000220. The van der Waals surface area contributed by atoms with Crippen LogP contribution < -0.4 is 5.43 Å². The zero-order chi connectivity index (χ0) is 14.7. The van der Waals surface area contributed by atoms with Crippen molar-refractivity contribution in [2.24, 2.45) is 7.05 Å². The minimum Gasteiger partial charge on any atom is -0.462 e. The van der Waals surface area contributed by atoms with Crippen molar-refractivity contribution < 1.29 is 9.53 Å². The van der Waals surface area contributed by atoms with E-state index in [0.717, 1.165) is 11.3 Å². The van der Waals surface area contributed by atoms with Gasteiger partial charge in [-0.2, -0.15) is 0 Å². The van der Waals surface area contributed by atoms with Crippen LogP contribution in [0.15, 0.2) is 41.2 Å². The summed E-state index contributed by atoms with van der Waals surface area (Å²) in [6, 6.07) is 11.1. The first-order valence-corrected chi connectivity index (χ1v) is 6.49. The highest BCUT2D eigenvalue weighted by Crippen LogP contribution is 2.19. The summed E-state index contributed by atoms with van der Waals surface area (Å²) in [5.74, 6) is -0.565. The van der Waals surface area contributed by atoms with E-state index < -0.39 is 5.97 Å². The van der Waals surface area contributed by atoms with Gasteiger partial charge in [-0.05, 0) is 19.4 Å². The smallest absolute Gasteiger partial charge is 0.343 e. The number of nitrogens with zero attached hydrogens (tertiary/aromatic N) is 1. The summed E-state index contributed by atoms with van der Waals surface area (Å²) in [5.41, 5.74) is 2.12. The van der Waals surface area contributed by atoms with E-state index in [1.807, 2.05) is 41.9 Å². The van der Waals surface area contributed by atoms with Gasteiger partial charge in [0, 0.05) is 18.8 Å². The van der Waals surface area contributed by atoms with Gasteiger partial charge in [-0.25, -0.2) is 4.79 Å². The molecule has 4 nitrogen and oxygen atoms in total. The Bertz CT molecular complexity index is 693. The molecule has 0 N–H and O–H groups in total. The molecule has 0 fully saturated rings.